The Morgan fingerprint density at radius 2 is 2.06 bits per heavy atom. The molecule has 0 aliphatic carbocycles. The molecule has 0 spiro atoms. The summed E-state index contributed by atoms with van der Waals surface area (Å²) in [6.07, 6.45) is 3.91. The zero-order chi connectivity index (χ0) is 12.3. The number of carboxylic acid groups (broad SMARTS) is 1. The first kappa shape index (κ1) is 10.9. The van der Waals surface area contributed by atoms with Crippen LogP contribution >= 0.6 is 0 Å². The molecule has 17 heavy (non-hydrogen) atoms. The van der Waals surface area contributed by atoms with Gasteiger partial charge in [0.1, 0.15) is 6.33 Å². The Balaban J connectivity index is 2.28. The predicted octanol–water partition coefficient (Wildman–Crippen LogP) is 0.658. The Kier molecular flexibility index (Phi) is 2.87. The molecule has 0 amide bonds. The third-order valence-electron chi connectivity index (χ3n) is 2.14. The van der Waals surface area contributed by atoms with Crippen LogP contribution in [0.15, 0.2) is 41.5 Å². The number of carboxylic acids is 1. The molecule has 2 N–H and O–H groups in total. The van der Waals surface area contributed by atoms with Crippen molar-refractivity contribution < 1.29 is 9.90 Å². The molecule has 2 aromatic rings. The molecule has 6 heteroatoms. The minimum absolute atomic E-state index is 0.321. The number of hydrogen-bond acceptors (Lipinski definition) is 3. The smallest absolute Gasteiger partial charge is 0.347 e. The van der Waals surface area contributed by atoms with Gasteiger partial charge in [0.15, 0.2) is 0 Å². The average Bonchev–Trinajstić information content (AvgIpc) is 2.73. The molecule has 0 fully saturated rings. The first-order valence-corrected chi connectivity index (χ1v) is 4.80. The molecule has 86 valence electrons. The fourth-order valence-electron chi connectivity index (χ4n) is 1.35. The van der Waals surface area contributed by atoms with Gasteiger partial charge in [-0.05, 0) is 23.8 Å². The highest BCUT2D eigenvalue weighted by Gasteiger charge is 1.99. The van der Waals surface area contributed by atoms with Crippen molar-refractivity contribution in [1.29, 1.82) is 0 Å². The van der Waals surface area contributed by atoms with Crippen LogP contribution in [0.25, 0.3) is 11.8 Å². The summed E-state index contributed by atoms with van der Waals surface area (Å²) in [5.74, 6) is -1.000. The monoisotopic (exact) mass is 231 g/mol. The fourth-order valence-corrected chi connectivity index (χ4v) is 1.35. The van der Waals surface area contributed by atoms with Crippen molar-refractivity contribution in [3.8, 4) is 5.69 Å². The topological polar surface area (TPSA) is 88.0 Å². The first-order chi connectivity index (χ1) is 8.16. The molecule has 0 saturated carbocycles. The van der Waals surface area contributed by atoms with Crippen molar-refractivity contribution in [2.75, 3.05) is 0 Å². The fraction of sp³-hybridized carbons (Fsp3) is 0. The van der Waals surface area contributed by atoms with E-state index in [1.54, 1.807) is 24.3 Å². The molecule has 0 bridgehead atoms. The van der Waals surface area contributed by atoms with Crippen molar-refractivity contribution in [1.82, 2.24) is 14.8 Å². The average molecular weight is 231 g/mol. The molecule has 0 unspecified atom stereocenters. The Morgan fingerprint density at radius 3 is 2.59 bits per heavy atom. The van der Waals surface area contributed by atoms with Crippen LogP contribution in [-0.2, 0) is 4.79 Å². The molecular formula is C11H9N3O3. The zero-order valence-corrected chi connectivity index (χ0v) is 8.70. The second-order valence-electron chi connectivity index (χ2n) is 3.29. The number of hydrogen-bond donors (Lipinski definition) is 2. The summed E-state index contributed by atoms with van der Waals surface area (Å²) < 4.78 is 1.35. The number of carbonyl (C=O) groups is 1. The van der Waals surface area contributed by atoms with E-state index in [2.05, 4.69) is 10.2 Å². The molecule has 0 saturated heterocycles. The number of rotatable bonds is 3. The Bertz CT molecular complexity index is 607. The zero-order valence-electron chi connectivity index (χ0n) is 8.70. The molecule has 0 aliphatic rings. The molecule has 1 aromatic carbocycles. The number of benzene rings is 1. The van der Waals surface area contributed by atoms with Crippen molar-refractivity contribution in [3.63, 3.8) is 0 Å². The second kappa shape index (κ2) is 4.48. The van der Waals surface area contributed by atoms with E-state index in [9.17, 15) is 9.59 Å². The molecule has 1 aromatic heterocycles. The molecule has 0 radical (unpaired) electrons. The number of nitrogens with zero attached hydrogens (tertiary/aromatic N) is 2. The van der Waals surface area contributed by atoms with Crippen LogP contribution in [0.2, 0.25) is 0 Å². The summed E-state index contributed by atoms with van der Waals surface area (Å²) in [7, 11) is 0. The van der Waals surface area contributed by atoms with E-state index >= 15 is 0 Å². The number of nitrogens with one attached hydrogen (secondary N) is 1. The largest absolute Gasteiger partial charge is 0.478 e. The molecule has 2 rings (SSSR count). The second-order valence-corrected chi connectivity index (χ2v) is 3.29. The van der Waals surface area contributed by atoms with Gasteiger partial charge in [-0.25, -0.2) is 19.3 Å². The Hall–Kier alpha value is -2.63. The van der Waals surface area contributed by atoms with Gasteiger partial charge in [0, 0.05) is 6.08 Å². The highest BCUT2D eigenvalue weighted by atomic mass is 16.4. The SMILES string of the molecule is O=C(O)/C=C/c1ccc(-n2cn[nH]c2=O)cc1. The van der Waals surface area contributed by atoms with Gasteiger partial charge < -0.3 is 5.11 Å². The lowest BCUT2D eigenvalue weighted by Crippen LogP contribution is -2.13. The van der Waals surface area contributed by atoms with Crippen LogP contribution < -0.4 is 5.69 Å². The lowest BCUT2D eigenvalue weighted by molar-refractivity contribution is -0.131. The van der Waals surface area contributed by atoms with Crippen molar-refractivity contribution in [2.24, 2.45) is 0 Å². The van der Waals surface area contributed by atoms with E-state index in [0.717, 1.165) is 11.6 Å². The van der Waals surface area contributed by atoms with Gasteiger partial charge in [-0.1, -0.05) is 12.1 Å². The van der Waals surface area contributed by atoms with Crippen LogP contribution in [-0.4, -0.2) is 25.8 Å². The van der Waals surface area contributed by atoms with E-state index in [4.69, 9.17) is 5.11 Å². The minimum Gasteiger partial charge on any atom is -0.478 e. The van der Waals surface area contributed by atoms with Crippen LogP contribution in [0, 0.1) is 0 Å². The van der Waals surface area contributed by atoms with E-state index in [1.165, 1.54) is 17.0 Å². The molecule has 6 nitrogen and oxygen atoms in total. The van der Waals surface area contributed by atoms with Crippen LogP contribution in [0.4, 0.5) is 0 Å². The van der Waals surface area contributed by atoms with Gasteiger partial charge in [0.25, 0.3) is 0 Å². The highest BCUT2D eigenvalue weighted by molar-refractivity contribution is 5.85. The number of aliphatic carboxylic acids is 1. The lowest BCUT2D eigenvalue weighted by atomic mass is 10.2. The maximum Gasteiger partial charge on any atom is 0.347 e. The van der Waals surface area contributed by atoms with E-state index < -0.39 is 5.97 Å². The van der Waals surface area contributed by atoms with Gasteiger partial charge in [-0.15, -0.1) is 0 Å². The minimum atomic E-state index is -1.000. The summed E-state index contributed by atoms with van der Waals surface area (Å²) in [5.41, 5.74) is 1.09. The quantitative estimate of drug-likeness (QED) is 0.759. The van der Waals surface area contributed by atoms with Crippen molar-refractivity contribution >= 4 is 12.0 Å². The maximum atomic E-state index is 11.3. The summed E-state index contributed by atoms with van der Waals surface area (Å²) >= 11 is 0. The van der Waals surface area contributed by atoms with Crippen LogP contribution in [0.1, 0.15) is 5.56 Å². The third kappa shape index (κ3) is 2.49. The number of aromatic nitrogens is 3. The van der Waals surface area contributed by atoms with Crippen molar-refractivity contribution in [3.05, 3.63) is 52.7 Å². The summed E-state index contributed by atoms with van der Waals surface area (Å²) in [5, 5.41) is 14.4. The Morgan fingerprint density at radius 1 is 1.35 bits per heavy atom. The lowest BCUT2D eigenvalue weighted by Gasteiger charge is -1.99. The summed E-state index contributed by atoms with van der Waals surface area (Å²) in [4.78, 5) is 21.6. The predicted molar refractivity (Wildman–Crippen MR) is 60.9 cm³/mol. The highest BCUT2D eigenvalue weighted by Crippen LogP contribution is 2.08. The standard InChI is InChI=1S/C11H9N3O3/c15-10(16)6-3-8-1-4-9(5-2-8)14-7-12-13-11(14)17/h1-7H,(H,13,17)(H,15,16)/b6-3+. The third-order valence-corrected chi connectivity index (χ3v) is 2.14. The molecule has 0 aliphatic heterocycles. The van der Waals surface area contributed by atoms with Gasteiger partial charge in [-0.2, -0.15) is 5.10 Å². The van der Waals surface area contributed by atoms with E-state index in [1.807, 2.05) is 0 Å². The maximum absolute atomic E-state index is 11.3. The Labute approximate surface area is 95.8 Å². The van der Waals surface area contributed by atoms with Crippen LogP contribution in [0.5, 0.6) is 0 Å². The normalized spacial score (nSPS) is 10.8. The van der Waals surface area contributed by atoms with Gasteiger partial charge in [0.2, 0.25) is 0 Å². The van der Waals surface area contributed by atoms with Crippen molar-refractivity contribution in [2.45, 2.75) is 0 Å². The molecule has 1 heterocycles. The van der Waals surface area contributed by atoms with Gasteiger partial charge >= 0.3 is 11.7 Å². The summed E-state index contributed by atoms with van der Waals surface area (Å²) in [6.45, 7) is 0. The molecular weight excluding hydrogens is 222 g/mol. The summed E-state index contributed by atoms with van der Waals surface area (Å²) in [6, 6.07) is 6.85. The van der Waals surface area contributed by atoms with E-state index in [-0.39, 0.29) is 5.69 Å². The number of H-pyrrole nitrogens is 1. The first-order valence-electron chi connectivity index (χ1n) is 4.80. The molecule has 0 atom stereocenters. The van der Waals surface area contributed by atoms with Gasteiger partial charge in [-0.3, -0.25) is 0 Å². The van der Waals surface area contributed by atoms with Gasteiger partial charge in [0.05, 0.1) is 5.69 Å². The van der Waals surface area contributed by atoms with E-state index in [0.29, 0.717) is 5.69 Å². The number of aromatic amines is 1. The van der Waals surface area contributed by atoms with Crippen LogP contribution in [0.3, 0.4) is 0 Å².